The van der Waals surface area contributed by atoms with E-state index in [1.165, 1.54) is 13.1 Å². The van der Waals surface area contributed by atoms with Crippen LogP contribution in [0.2, 0.25) is 0 Å². The van der Waals surface area contributed by atoms with Gasteiger partial charge >= 0.3 is 0 Å². The Hall–Kier alpha value is -3.48. The van der Waals surface area contributed by atoms with E-state index < -0.39 is 0 Å². The van der Waals surface area contributed by atoms with Crippen LogP contribution in [-0.4, -0.2) is 28.1 Å². The molecule has 7 nitrogen and oxygen atoms in total. The summed E-state index contributed by atoms with van der Waals surface area (Å²) in [6.45, 7) is 3.53. The summed E-state index contributed by atoms with van der Waals surface area (Å²) in [4.78, 5) is 15.7. The lowest BCUT2D eigenvalue weighted by atomic mass is 10.1. The Kier molecular flexibility index (Phi) is 5.07. The Morgan fingerprint density at radius 2 is 1.85 bits per heavy atom. The van der Waals surface area contributed by atoms with Crippen molar-refractivity contribution >= 4 is 28.9 Å². The number of rotatable bonds is 6. The first-order valence-electron chi connectivity index (χ1n) is 8.04. The fourth-order valence-corrected chi connectivity index (χ4v) is 2.39. The molecule has 1 heterocycles. The van der Waals surface area contributed by atoms with Gasteiger partial charge in [-0.05, 0) is 55.8 Å². The lowest BCUT2D eigenvalue weighted by molar-refractivity contribution is 0.101. The van der Waals surface area contributed by atoms with Gasteiger partial charge in [-0.25, -0.2) is 0 Å². The Bertz CT molecular complexity index is 925. The fourth-order valence-electron chi connectivity index (χ4n) is 2.39. The van der Waals surface area contributed by atoms with Crippen LogP contribution in [0.15, 0.2) is 48.7 Å². The highest BCUT2D eigenvalue weighted by Gasteiger charge is 2.07. The number of Topliss-reactive ketones (excluding diaryl/α,β-unsaturated/α-hetero) is 1. The summed E-state index contributed by atoms with van der Waals surface area (Å²) < 4.78 is 5.36. The van der Waals surface area contributed by atoms with Crippen LogP contribution in [0, 0.1) is 6.92 Å². The number of methoxy groups -OCH3 is 1. The summed E-state index contributed by atoms with van der Waals surface area (Å²) >= 11 is 0. The molecule has 0 atom stereocenters. The maximum Gasteiger partial charge on any atom is 0.249 e. The minimum absolute atomic E-state index is 0.0211. The number of carbonyl (C=O) groups is 1. The molecule has 0 amide bonds. The average Bonchev–Trinajstić information content (AvgIpc) is 2.63. The molecule has 132 valence electrons. The first-order valence-corrected chi connectivity index (χ1v) is 8.04. The predicted octanol–water partition coefficient (Wildman–Crippen LogP) is 3.88. The summed E-state index contributed by atoms with van der Waals surface area (Å²) in [7, 11) is 1.62. The molecule has 0 fully saturated rings. The van der Waals surface area contributed by atoms with Crippen molar-refractivity contribution in [2.75, 3.05) is 17.7 Å². The average molecular weight is 349 g/mol. The van der Waals surface area contributed by atoms with Gasteiger partial charge in [-0.15, -0.1) is 5.10 Å². The van der Waals surface area contributed by atoms with Crippen molar-refractivity contribution in [3.05, 3.63) is 59.8 Å². The highest BCUT2D eigenvalue weighted by Crippen LogP contribution is 2.28. The van der Waals surface area contributed by atoms with Crippen molar-refractivity contribution in [2.24, 2.45) is 0 Å². The Morgan fingerprint density at radius 1 is 1.08 bits per heavy atom. The number of ether oxygens (including phenoxy) is 1. The largest absolute Gasteiger partial charge is 0.495 e. The molecule has 0 aliphatic heterocycles. The van der Waals surface area contributed by atoms with E-state index in [2.05, 4.69) is 25.8 Å². The second-order valence-electron chi connectivity index (χ2n) is 5.75. The predicted molar refractivity (Wildman–Crippen MR) is 101 cm³/mol. The van der Waals surface area contributed by atoms with Gasteiger partial charge < -0.3 is 15.4 Å². The number of hydrogen-bond acceptors (Lipinski definition) is 7. The quantitative estimate of drug-likeness (QED) is 0.653. The first kappa shape index (κ1) is 17.3. The van der Waals surface area contributed by atoms with E-state index in [1.54, 1.807) is 31.4 Å². The minimum atomic E-state index is 0.0211. The molecule has 3 rings (SSSR count). The van der Waals surface area contributed by atoms with Gasteiger partial charge in [0, 0.05) is 11.3 Å². The third kappa shape index (κ3) is 4.13. The number of nitrogens with zero attached hydrogens (tertiary/aromatic N) is 3. The summed E-state index contributed by atoms with van der Waals surface area (Å²) in [5, 5.41) is 14.2. The lowest BCUT2D eigenvalue weighted by Crippen LogP contribution is -2.03. The number of nitrogens with one attached hydrogen (secondary N) is 2. The monoisotopic (exact) mass is 349 g/mol. The van der Waals surface area contributed by atoms with Gasteiger partial charge in [-0.2, -0.15) is 10.1 Å². The van der Waals surface area contributed by atoms with Crippen LogP contribution in [0.4, 0.5) is 23.1 Å². The Morgan fingerprint density at radius 3 is 2.54 bits per heavy atom. The van der Waals surface area contributed by atoms with Crippen molar-refractivity contribution in [3.63, 3.8) is 0 Å². The van der Waals surface area contributed by atoms with E-state index >= 15 is 0 Å². The van der Waals surface area contributed by atoms with Gasteiger partial charge in [-0.1, -0.05) is 6.07 Å². The number of aryl methyl sites for hydroxylation is 1. The van der Waals surface area contributed by atoms with E-state index in [1.807, 2.05) is 25.1 Å². The summed E-state index contributed by atoms with van der Waals surface area (Å²) in [5.74, 6) is 1.61. The molecule has 0 aliphatic carbocycles. The molecular formula is C19H19N5O2. The molecule has 0 saturated carbocycles. The SMILES string of the molecule is COc1ccc(C)cc1Nc1cnnc(Nc2ccc(C(C)=O)cc2)n1. The molecule has 26 heavy (non-hydrogen) atoms. The number of carbonyl (C=O) groups excluding carboxylic acids is 1. The number of aromatic nitrogens is 3. The zero-order valence-corrected chi connectivity index (χ0v) is 14.8. The van der Waals surface area contributed by atoms with Crippen LogP contribution in [-0.2, 0) is 0 Å². The molecule has 3 aromatic rings. The number of benzene rings is 2. The second kappa shape index (κ2) is 7.60. The van der Waals surface area contributed by atoms with Crippen LogP contribution in [0.1, 0.15) is 22.8 Å². The molecule has 2 aromatic carbocycles. The standard InChI is InChI=1S/C19H19N5O2/c1-12-4-9-17(26-3)16(10-12)22-18-11-20-24-19(23-18)21-15-7-5-14(6-8-15)13(2)25/h4-11H,1-3H3,(H2,21,22,23,24). The molecule has 0 spiro atoms. The highest BCUT2D eigenvalue weighted by atomic mass is 16.5. The molecule has 0 saturated heterocycles. The molecule has 0 aliphatic rings. The smallest absolute Gasteiger partial charge is 0.249 e. The van der Waals surface area contributed by atoms with Crippen molar-refractivity contribution in [1.82, 2.24) is 15.2 Å². The van der Waals surface area contributed by atoms with Crippen LogP contribution in [0.5, 0.6) is 5.75 Å². The maximum absolute atomic E-state index is 11.3. The Balaban J connectivity index is 1.78. The molecule has 1 aromatic heterocycles. The lowest BCUT2D eigenvalue weighted by Gasteiger charge is -2.12. The van der Waals surface area contributed by atoms with Crippen molar-refractivity contribution in [3.8, 4) is 5.75 Å². The molecule has 0 bridgehead atoms. The van der Waals surface area contributed by atoms with Gasteiger partial charge in [0.1, 0.15) is 5.75 Å². The number of anilines is 4. The second-order valence-corrected chi connectivity index (χ2v) is 5.75. The van der Waals surface area contributed by atoms with Crippen molar-refractivity contribution in [2.45, 2.75) is 13.8 Å². The molecule has 7 heteroatoms. The molecule has 2 N–H and O–H groups in total. The van der Waals surface area contributed by atoms with Crippen molar-refractivity contribution in [1.29, 1.82) is 0 Å². The van der Waals surface area contributed by atoms with E-state index in [0.717, 1.165) is 16.9 Å². The molecule has 0 radical (unpaired) electrons. The highest BCUT2D eigenvalue weighted by molar-refractivity contribution is 5.94. The normalized spacial score (nSPS) is 10.3. The topological polar surface area (TPSA) is 89.0 Å². The summed E-state index contributed by atoms with van der Waals surface area (Å²) in [6.07, 6.45) is 1.53. The van der Waals surface area contributed by atoms with Gasteiger partial charge in [0.05, 0.1) is 19.0 Å². The van der Waals surface area contributed by atoms with E-state index in [4.69, 9.17) is 4.74 Å². The van der Waals surface area contributed by atoms with Gasteiger partial charge in [0.2, 0.25) is 5.95 Å². The molecule has 0 unspecified atom stereocenters. The van der Waals surface area contributed by atoms with Gasteiger partial charge in [0.25, 0.3) is 0 Å². The van der Waals surface area contributed by atoms with E-state index in [0.29, 0.717) is 23.1 Å². The molecular weight excluding hydrogens is 330 g/mol. The summed E-state index contributed by atoms with van der Waals surface area (Å²) in [5.41, 5.74) is 3.31. The third-order valence-corrected chi connectivity index (χ3v) is 3.72. The van der Waals surface area contributed by atoms with E-state index in [9.17, 15) is 4.79 Å². The van der Waals surface area contributed by atoms with Crippen LogP contribution < -0.4 is 15.4 Å². The number of ketones is 1. The van der Waals surface area contributed by atoms with Gasteiger partial charge in [0.15, 0.2) is 11.6 Å². The Labute approximate surface area is 151 Å². The van der Waals surface area contributed by atoms with Crippen LogP contribution in [0.3, 0.4) is 0 Å². The first-order chi connectivity index (χ1) is 12.5. The van der Waals surface area contributed by atoms with Crippen LogP contribution in [0.25, 0.3) is 0 Å². The van der Waals surface area contributed by atoms with Gasteiger partial charge in [-0.3, -0.25) is 4.79 Å². The minimum Gasteiger partial charge on any atom is -0.495 e. The fraction of sp³-hybridized carbons (Fsp3) is 0.158. The third-order valence-electron chi connectivity index (χ3n) is 3.72. The zero-order chi connectivity index (χ0) is 18.5. The van der Waals surface area contributed by atoms with Crippen LogP contribution >= 0.6 is 0 Å². The maximum atomic E-state index is 11.3. The summed E-state index contributed by atoms with van der Waals surface area (Å²) in [6, 6.07) is 12.9. The van der Waals surface area contributed by atoms with Crippen molar-refractivity contribution < 1.29 is 9.53 Å². The number of hydrogen-bond donors (Lipinski definition) is 2. The van der Waals surface area contributed by atoms with E-state index in [-0.39, 0.29) is 5.78 Å². The zero-order valence-electron chi connectivity index (χ0n) is 14.8.